The topological polar surface area (TPSA) is 29.9 Å². The van der Waals surface area contributed by atoms with Crippen LogP contribution in [0, 0.1) is 5.82 Å². The van der Waals surface area contributed by atoms with Crippen LogP contribution >= 0.6 is 15.9 Å². The van der Waals surface area contributed by atoms with Crippen LogP contribution in [0.1, 0.15) is 5.56 Å². The van der Waals surface area contributed by atoms with Crippen LogP contribution in [0.2, 0.25) is 0 Å². The Balaban J connectivity index is 1.90. The standard InChI is InChI=1S/C17H13BrFN3/c18-12-7-5-11(6-8-12)16-13-9-10-20-17(13)22(21-16)15-4-2-1-3-14(15)19/h1-8,20H,9-10H2. The van der Waals surface area contributed by atoms with Crippen molar-refractivity contribution >= 4 is 21.7 Å². The summed E-state index contributed by atoms with van der Waals surface area (Å²) >= 11 is 3.44. The Morgan fingerprint density at radius 1 is 1.09 bits per heavy atom. The van der Waals surface area contributed by atoms with E-state index in [-0.39, 0.29) is 5.82 Å². The quantitative estimate of drug-likeness (QED) is 0.736. The van der Waals surface area contributed by atoms with Crippen molar-refractivity contribution in [2.45, 2.75) is 6.42 Å². The molecule has 0 radical (unpaired) electrons. The van der Waals surface area contributed by atoms with Gasteiger partial charge in [-0.15, -0.1) is 0 Å². The third-order valence-electron chi connectivity index (χ3n) is 3.85. The largest absolute Gasteiger partial charge is 0.369 e. The highest BCUT2D eigenvalue weighted by atomic mass is 79.9. The number of anilines is 1. The fraction of sp³-hybridized carbons (Fsp3) is 0.118. The second kappa shape index (κ2) is 5.25. The number of fused-ring (bicyclic) bond motifs is 1. The fourth-order valence-corrected chi connectivity index (χ4v) is 3.08. The Hall–Kier alpha value is -2.14. The van der Waals surface area contributed by atoms with Crippen LogP contribution in [0.3, 0.4) is 0 Å². The van der Waals surface area contributed by atoms with Gasteiger partial charge in [-0.2, -0.15) is 5.10 Å². The van der Waals surface area contributed by atoms with E-state index < -0.39 is 0 Å². The van der Waals surface area contributed by atoms with Gasteiger partial charge in [0.25, 0.3) is 0 Å². The molecule has 0 fully saturated rings. The zero-order valence-corrected chi connectivity index (χ0v) is 13.3. The van der Waals surface area contributed by atoms with Gasteiger partial charge in [-0.3, -0.25) is 0 Å². The summed E-state index contributed by atoms with van der Waals surface area (Å²) in [4.78, 5) is 0. The summed E-state index contributed by atoms with van der Waals surface area (Å²) in [5, 5.41) is 7.98. The van der Waals surface area contributed by atoms with E-state index in [4.69, 9.17) is 0 Å². The molecule has 3 aromatic rings. The number of para-hydroxylation sites is 1. The Labute approximate surface area is 135 Å². The molecule has 0 spiro atoms. The summed E-state index contributed by atoms with van der Waals surface area (Å²) in [6.45, 7) is 0.852. The van der Waals surface area contributed by atoms with Gasteiger partial charge in [0.15, 0.2) is 0 Å². The van der Waals surface area contributed by atoms with E-state index in [2.05, 4.69) is 26.3 Å². The van der Waals surface area contributed by atoms with Crippen molar-refractivity contribution in [3.05, 3.63) is 64.4 Å². The third kappa shape index (κ3) is 2.13. The van der Waals surface area contributed by atoms with Crippen molar-refractivity contribution in [2.24, 2.45) is 0 Å². The van der Waals surface area contributed by atoms with Crippen molar-refractivity contribution in [1.29, 1.82) is 0 Å². The van der Waals surface area contributed by atoms with E-state index in [0.29, 0.717) is 5.69 Å². The van der Waals surface area contributed by atoms with Crippen LogP contribution in [0.5, 0.6) is 0 Å². The predicted molar refractivity (Wildman–Crippen MR) is 88.9 cm³/mol. The molecule has 0 unspecified atom stereocenters. The van der Waals surface area contributed by atoms with Gasteiger partial charge in [0, 0.05) is 22.1 Å². The average Bonchev–Trinajstić information content (AvgIpc) is 3.11. The summed E-state index contributed by atoms with van der Waals surface area (Å²) in [5.74, 6) is 0.617. The number of hydrogen-bond donors (Lipinski definition) is 1. The molecule has 0 saturated heterocycles. The number of hydrogen-bond acceptors (Lipinski definition) is 2. The molecular weight excluding hydrogens is 345 g/mol. The molecule has 0 amide bonds. The summed E-state index contributed by atoms with van der Waals surface area (Å²) in [6.07, 6.45) is 0.898. The Kier molecular flexibility index (Phi) is 3.22. The first-order valence-electron chi connectivity index (χ1n) is 7.10. The predicted octanol–water partition coefficient (Wildman–Crippen LogP) is 4.41. The van der Waals surface area contributed by atoms with Gasteiger partial charge >= 0.3 is 0 Å². The molecule has 5 heteroatoms. The molecule has 1 N–H and O–H groups in total. The molecule has 3 nitrogen and oxygen atoms in total. The number of benzene rings is 2. The second-order valence-electron chi connectivity index (χ2n) is 5.22. The summed E-state index contributed by atoms with van der Waals surface area (Å²) < 4.78 is 16.8. The molecule has 1 aliphatic heterocycles. The first-order chi connectivity index (χ1) is 10.7. The molecule has 2 aromatic carbocycles. The van der Waals surface area contributed by atoms with Crippen molar-refractivity contribution in [3.8, 4) is 16.9 Å². The van der Waals surface area contributed by atoms with Crippen molar-refractivity contribution in [1.82, 2.24) is 9.78 Å². The van der Waals surface area contributed by atoms with Gasteiger partial charge in [-0.1, -0.05) is 40.2 Å². The van der Waals surface area contributed by atoms with Gasteiger partial charge in [0.1, 0.15) is 17.3 Å². The minimum Gasteiger partial charge on any atom is -0.369 e. The highest BCUT2D eigenvalue weighted by Crippen LogP contribution is 2.35. The lowest BCUT2D eigenvalue weighted by atomic mass is 10.1. The van der Waals surface area contributed by atoms with Crippen LogP contribution < -0.4 is 5.32 Å². The number of aromatic nitrogens is 2. The Morgan fingerprint density at radius 3 is 2.64 bits per heavy atom. The highest BCUT2D eigenvalue weighted by Gasteiger charge is 2.24. The third-order valence-corrected chi connectivity index (χ3v) is 4.38. The molecule has 0 atom stereocenters. The highest BCUT2D eigenvalue weighted by molar-refractivity contribution is 9.10. The van der Waals surface area contributed by atoms with Crippen molar-refractivity contribution in [3.63, 3.8) is 0 Å². The normalized spacial score (nSPS) is 13.0. The van der Waals surface area contributed by atoms with Gasteiger partial charge in [0.05, 0.1) is 5.69 Å². The molecule has 22 heavy (non-hydrogen) atoms. The molecule has 0 bridgehead atoms. The summed E-state index contributed by atoms with van der Waals surface area (Å²) in [6, 6.07) is 14.7. The number of halogens is 2. The van der Waals surface area contributed by atoms with Crippen LogP contribution in [-0.2, 0) is 6.42 Å². The Morgan fingerprint density at radius 2 is 1.86 bits per heavy atom. The van der Waals surface area contributed by atoms with E-state index in [1.165, 1.54) is 6.07 Å². The lowest BCUT2D eigenvalue weighted by molar-refractivity contribution is 0.612. The summed E-state index contributed by atoms with van der Waals surface area (Å²) in [5.41, 5.74) is 3.57. The molecule has 4 rings (SSSR count). The van der Waals surface area contributed by atoms with Crippen molar-refractivity contribution in [2.75, 3.05) is 11.9 Å². The summed E-state index contributed by atoms with van der Waals surface area (Å²) in [7, 11) is 0. The van der Waals surface area contributed by atoms with E-state index in [1.54, 1.807) is 16.8 Å². The molecule has 110 valence electrons. The lowest BCUT2D eigenvalue weighted by Crippen LogP contribution is -2.05. The van der Waals surface area contributed by atoms with E-state index >= 15 is 0 Å². The van der Waals surface area contributed by atoms with E-state index in [1.807, 2.05) is 30.3 Å². The maximum Gasteiger partial charge on any atom is 0.148 e. The van der Waals surface area contributed by atoms with Gasteiger partial charge in [-0.25, -0.2) is 9.07 Å². The van der Waals surface area contributed by atoms with E-state index in [9.17, 15) is 4.39 Å². The van der Waals surface area contributed by atoms with E-state index in [0.717, 1.165) is 40.1 Å². The number of nitrogens with zero attached hydrogens (tertiary/aromatic N) is 2. The van der Waals surface area contributed by atoms with Crippen LogP contribution in [0.4, 0.5) is 10.2 Å². The van der Waals surface area contributed by atoms with Crippen molar-refractivity contribution < 1.29 is 4.39 Å². The SMILES string of the molecule is Fc1ccccc1-n1nc(-c2ccc(Br)cc2)c2c1NCC2. The van der Waals surface area contributed by atoms with Crippen LogP contribution in [-0.4, -0.2) is 16.3 Å². The lowest BCUT2D eigenvalue weighted by Gasteiger charge is -2.07. The number of nitrogens with one attached hydrogen (secondary N) is 1. The maximum absolute atomic E-state index is 14.1. The molecular formula is C17H13BrFN3. The number of rotatable bonds is 2. The Bertz CT molecular complexity index is 840. The molecule has 2 heterocycles. The molecule has 0 saturated carbocycles. The smallest absolute Gasteiger partial charge is 0.148 e. The average molecular weight is 358 g/mol. The molecule has 0 aliphatic carbocycles. The zero-order valence-electron chi connectivity index (χ0n) is 11.7. The van der Waals surface area contributed by atoms with Crippen LogP contribution in [0.15, 0.2) is 53.0 Å². The fourth-order valence-electron chi connectivity index (χ4n) is 2.81. The minimum atomic E-state index is -0.274. The second-order valence-corrected chi connectivity index (χ2v) is 6.14. The van der Waals surface area contributed by atoms with Gasteiger partial charge < -0.3 is 5.32 Å². The van der Waals surface area contributed by atoms with Crippen LogP contribution in [0.25, 0.3) is 16.9 Å². The van der Waals surface area contributed by atoms with Gasteiger partial charge in [-0.05, 0) is 30.7 Å². The zero-order chi connectivity index (χ0) is 15.1. The first-order valence-corrected chi connectivity index (χ1v) is 7.90. The monoisotopic (exact) mass is 357 g/mol. The maximum atomic E-state index is 14.1. The molecule has 1 aliphatic rings. The molecule has 1 aromatic heterocycles. The minimum absolute atomic E-state index is 0.274. The first kappa shape index (κ1) is 13.5. The van der Waals surface area contributed by atoms with Gasteiger partial charge in [0.2, 0.25) is 0 Å².